The number of likely N-dealkylation sites (tertiary alicyclic amines) is 1. The van der Waals surface area contributed by atoms with Gasteiger partial charge >= 0.3 is 12.3 Å². The quantitative estimate of drug-likeness (QED) is 0.718. The van der Waals surface area contributed by atoms with E-state index >= 15 is 0 Å². The summed E-state index contributed by atoms with van der Waals surface area (Å²) in [6, 6.07) is 2.56. The van der Waals surface area contributed by atoms with Gasteiger partial charge in [0.25, 0.3) is 0 Å². The SMILES string of the molecule is CC(C)(C)OC(=O)N1CC(C23CC(Sc4ccc(C(F)(F)F)cn4)(C2)C3)C1. The van der Waals surface area contributed by atoms with Gasteiger partial charge in [-0.25, -0.2) is 9.78 Å². The van der Waals surface area contributed by atoms with E-state index in [1.807, 2.05) is 20.8 Å². The summed E-state index contributed by atoms with van der Waals surface area (Å²) in [5.41, 5.74) is -0.886. The van der Waals surface area contributed by atoms with Crippen LogP contribution in [-0.2, 0) is 10.9 Å². The Morgan fingerprint density at radius 3 is 2.33 bits per heavy atom. The van der Waals surface area contributed by atoms with E-state index in [4.69, 9.17) is 4.74 Å². The molecule has 4 fully saturated rings. The number of thioether (sulfide) groups is 1. The highest BCUT2D eigenvalue weighted by atomic mass is 32.2. The number of pyridine rings is 1. The molecule has 0 unspecified atom stereocenters. The molecular weight excluding hydrogens is 377 g/mol. The monoisotopic (exact) mass is 400 g/mol. The van der Waals surface area contributed by atoms with E-state index in [1.165, 1.54) is 6.07 Å². The van der Waals surface area contributed by atoms with E-state index in [1.54, 1.807) is 16.7 Å². The van der Waals surface area contributed by atoms with Crippen LogP contribution in [0.15, 0.2) is 23.4 Å². The molecule has 27 heavy (non-hydrogen) atoms. The van der Waals surface area contributed by atoms with Gasteiger partial charge in [0.1, 0.15) is 5.60 Å². The second-order valence-electron chi connectivity index (χ2n) is 9.14. The Bertz CT molecular complexity index is 732. The maximum Gasteiger partial charge on any atom is 0.417 e. The van der Waals surface area contributed by atoms with Crippen LogP contribution in [0.3, 0.4) is 0 Å². The summed E-state index contributed by atoms with van der Waals surface area (Å²) < 4.78 is 43.4. The topological polar surface area (TPSA) is 42.4 Å². The smallest absolute Gasteiger partial charge is 0.417 e. The highest BCUT2D eigenvalue weighted by molar-refractivity contribution is 8.00. The fourth-order valence-electron chi connectivity index (χ4n) is 4.48. The number of nitrogens with zero attached hydrogens (tertiary/aromatic N) is 2. The van der Waals surface area contributed by atoms with Crippen LogP contribution in [0, 0.1) is 11.3 Å². The average molecular weight is 400 g/mol. The molecule has 5 rings (SSSR count). The van der Waals surface area contributed by atoms with Crippen LogP contribution in [-0.4, -0.2) is 39.4 Å². The molecule has 2 heterocycles. The fourth-order valence-corrected chi connectivity index (χ4v) is 6.25. The van der Waals surface area contributed by atoms with Crippen molar-refractivity contribution in [2.45, 2.75) is 61.6 Å². The maximum absolute atomic E-state index is 12.6. The molecule has 1 aromatic rings. The minimum Gasteiger partial charge on any atom is -0.444 e. The highest BCUT2D eigenvalue weighted by Crippen LogP contribution is 2.77. The van der Waals surface area contributed by atoms with Crippen LogP contribution < -0.4 is 0 Å². The van der Waals surface area contributed by atoms with Gasteiger partial charge in [0, 0.05) is 30.0 Å². The van der Waals surface area contributed by atoms with Gasteiger partial charge in [-0.2, -0.15) is 13.2 Å². The molecule has 4 nitrogen and oxygen atoms in total. The number of alkyl halides is 3. The molecule has 1 saturated heterocycles. The summed E-state index contributed by atoms with van der Waals surface area (Å²) in [6.07, 6.45) is -0.515. The molecule has 0 atom stereocenters. The van der Waals surface area contributed by atoms with Crippen molar-refractivity contribution in [3.63, 3.8) is 0 Å². The van der Waals surface area contributed by atoms with E-state index in [0.717, 1.165) is 44.6 Å². The van der Waals surface area contributed by atoms with E-state index < -0.39 is 17.3 Å². The number of carbonyl (C=O) groups excluding carboxylic acids is 1. The minimum absolute atomic E-state index is 0.124. The van der Waals surface area contributed by atoms with Gasteiger partial charge in [0.05, 0.1) is 10.6 Å². The third-order valence-electron chi connectivity index (χ3n) is 5.81. The summed E-state index contributed by atoms with van der Waals surface area (Å²) in [4.78, 5) is 17.8. The summed E-state index contributed by atoms with van der Waals surface area (Å²) >= 11 is 1.60. The van der Waals surface area contributed by atoms with Gasteiger partial charge in [-0.1, -0.05) is 11.8 Å². The van der Waals surface area contributed by atoms with Crippen LogP contribution in [0.2, 0.25) is 0 Å². The third kappa shape index (κ3) is 3.41. The zero-order chi connectivity index (χ0) is 19.7. The number of aromatic nitrogens is 1. The summed E-state index contributed by atoms with van der Waals surface area (Å²) in [7, 11) is 0. The molecule has 3 aliphatic carbocycles. The Balaban J connectivity index is 1.26. The van der Waals surface area contributed by atoms with Crippen molar-refractivity contribution in [1.82, 2.24) is 9.88 Å². The minimum atomic E-state index is -4.35. The van der Waals surface area contributed by atoms with Crippen LogP contribution in [0.25, 0.3) is 0 Å². The van der Waals surface area contributed by atoms with Crippen molar-refractivity contribution in [3.05, 3.63) is 23.9 Å². The first-order valence-corrected chi connectivity index (χ1v) is 9.92. The molecule has 0 N–H and O–H groups in total. The Morgan fingerprint density at radius 1 is 1.22 bits per heavy atom. The normalized spacial score (nSPS) is 30.2. The van der Waals surface area contributed by atoms with Gasteiger partial charge in [0.2, 0.25) is 0 Å². The molecule has 1 aliphatic heterocycles. The van der Waals surface area contributed by atoms with E-state index in [0.29, 0.717) is 16.4 Å². The first-order chi connectivity index (χ1) is 12.4. The first kappa shape index (κ1) is 18.9. The molecule has 148 valence electrons. The lowest BCUT2D eigenvalue weighted by atomic mass is 9.38. The molecule has 2 bridgehead atoms. The number of hydrogen-bond acceptors (Lipinski definition) is 4. The number of rotatable bonds is 3. The van der Waals surface area contributed by atoms with Crippen molar-refractivity contribution in [2.24, 2.45) is 11.3 Å². The Kier molecular flexibility index (Phi) is 4.05. The fraction of sp³-hybridized carbons (Fsp3) is 0.684. The zero-order valence-electron chi connectivity index (χ0n) is 15.6. The molecule has 3 saturated carbocycles. The predicted octanol–water partition coefficient (Wildman–Crippen LogP) is 4.98. The van der Waals surface area contributed by atoms with Crippen molar-refractivity contribution in [2.75, 3.05) is 13.1 Å². The van der Waals surface area contributed by atoms with Crippen LogP contribution in [0.4, 0.5) is 18.0 Å². The van der Waals surface area contributed by atoms with Crippen molar-refractivity contribution >= 4 is 17.9 Å². The number of carbonyl (C=O) groups is 1. The van der Waals surface area contributed by atoms with Crippen LogP contribution in [0.1, 0.15) is 45.6 Å². The molecule has 1 amide bonds. The summed E-state index contributed by atoms with van der Waals surface area (Å²) in [5.74, 6) is 0.507. The largest absolute Gasteiger partial charge is 0.444 e. The second-order valence-corrected chi connectivity index (χ2v) is 10.6. The van der Waals surface area contributed by atoms with Crippen LogP contribution in [0.5, 0.6) is 0 Å². The Morgan fingerprint density at radius 2 is 1.85 bits per heavy atom. The van der Waals surface area contributed by atoms with E-state index in [9.17, 15) is 18.0 Å². The lowest BCUT2D eigenvalue weighted by Crippen LogP contribution is -2.73. The maximum atomic E-state index is 12.6. The molecule has 8 heteroatoms. The van der Waals surface area contributed by atoms with Crippen molar-refractivity contribution < 1.29 is 22.7 Å². The van der Waals surface area contributed by atoms with Gasteiger partial charge < -0.3 is 9.64 Å². The zero-order valence-corrected chi connectivity index (χ0v) is 16.4. The predicted molar refractivity (Wildman–Crippen MR) is 95.4 cm³/mol. The molecule has 4 aliphatic rings. The van der Waals surface area contributed by atoms with Crippen molar-refractivity contribution in [3.8, 4) is 0 Å². The average Bonchev–Trinajstić information content (AvgIpc) is 2.39. The Labute approximate surface area is 160 Å². The van der Waals surface area contributed by atoms with Gasteiger partial charge in [0.15, 0.2) is 0 Å². The standard InChI is InChI=1S/C19H23F3N2O2S/c1-16(2,3)26-15(25)24-7-13(8-24)17-9-18(10-17,11-17)27-14-5-4-12(6-23-14)19(20,21)22/h4-6,13H,7-11H2,1-3H3. The molecular formula is C19H23F3N2O2S. The van der Waals surface area contributed by atoms with Crippen LogP contribution >= 0.6 is 11.8 Å². The molecule has 0 spiro atoms. The summed E-state index contributed by atoms with van der Waals surface area (Å²) in [5, 5.41) is 0.653. The lowest BCUT2D eigenvalue weighted by molar-refractivity contribution is -0.164. The first-order valence-electron chi connectivity index (χ1n) is 9.10. The number of amides is 1. The number of halogens is 3. The third-order valence-corrected chi connectivity index (χ3v) is 7.12. The second kappa shape index (κ2) is 5.78. The molecule has 1 aromatic heterocycles. The molecule has 0 aromatic carbocycles. The Hall–Kier alpha value is -1.44. The van der Waals surface area contributed by atoms with Gasteiger partial charge in [-0.15, -0.1) is 0 Å². The number of ether oxygens (including phenoxy) is 1. The van der Waals surface area contributed by atoms with E-state index in [-0.39, 0.29) is 10.8 Å². The van der Waals surface area contributed by atoms with Gasteiger partial charge in [-0.05, 0) is 57.6 Å². The van der Waals surface area contributed by atoms with Gasteiger partial charge in [-0.3, -0.25) is 0 Å². The lowest BCUT2D eigenvalue weighted by Gasteiger charge is -2.74. The highest BCUT2D eigenvalue weighted by Gasteiger charge is 2.72. The molecule has 0 radical (unpaired) electrons. The summed E-state index contributed by atoms with van der Waals surface area (Å²) in [6.45, 7) is 7.07. The van der Waals surface area contributed by atoms with Crippen molar-refractivity contribution in [1.29, 1.82) is 0 Å². The number of hydrogen-bond donors (Lipinski definition) is 0. The van der Waals surface area contributed by atoms with E-state index in [2.05, 4.69) is 4.98 Å².